The molecule has 206 valence electrons. The number of carbonyl (C=O) groups excluding carboxylic acids is 1. The van der Waals surface area contributed by atoms with Crippen molar-refractivity contribution in [1.82, 2.24) is 4.57 Å². The lowest BCUT2D eigenvalue weighted by molar-refractivity contribution is -0.449. The van der Waals surface area contributed by atoms with Crippen LogP contribution in [0.4, 0.5) is 5.69 Å². The fourth-order valence-corrected chi connectivity index (χ4v) is 5.68. The Balaban J connectivity index is 0.00000370. The number of rotatable bonds is 7. The number of hydrogen-bond acceptors (Lipinski definition) is 9. The molecule has 0 radical (unpaired) electrons. The number of aromatic nitrogens is 1. The number of benzene rings is 2. The minimum Gasteiger partial charge on any atom is -0.870 e. The van der Waals surface area contributed by atoms with E-state index in [-0.39, 0.29) is 17.6 Å². The Morgan fingerprint density at radius 2 is 1.95 bits per heavy atom. The van der Waals surface area contributed by atoms with Crippen molar-refractivity contribution in [3.63, 3.8) is 0 Å². The van der Waals surface area contributed by atoms with Crippen LogP contribution in [0.2, 0.25) is 0 Å². The molecular formula is C29H27N3O7S. The molecule has 1 unspecified atom stereocenters. The van der Waals surface area contributed by atoms with Crippen molar-refractivity contribution in [3.05, 3.63) is 107 Å². The highest BCUT2D eigenvalue weighted by molar-refractivity contribution is 7.06. The monoisotopic (exact) mass is 561 g/mol. The molecule has 1 atom stereocenters. The number of nitroso groups, excluding NO2 is 1. The number of furan rings is 1. The Morgan fingerprint density at radius 1 is 1.18 bits per heavy atom. The summed E-state index contributed by atoms with van der Waals surface area (Å²) in [6.07, 6.45) is 1.66. The quantitative estimate of drug-likeness (QED) is 0.270. The van der Waals surface area contributed by atoms with Gasteiger partial charge in [0.15, 0.2) is 6.04 Å². The van der Waals surface area contributed by atoms with Crippen LogP contribution >= 0.6 is 11.3 Å². The van der Waals surface area contributed by atoms with Gasteiger partial charge in [0.2, 0.25) is 0 Å². The number of esters is 1. The Hall–Kier alpha value is -4.61. The van der Waals surface area contributed by atoms with E-state index in [0.717, 1.165) is 5.56 Å². The molecule has 10 nitrogen and oxygen atoms in total. The molecule has 0 amide bonds. The summed E-state index contributed by atoms with van der Waals surface area (Å²) in [7, 11) is 1.55. The summed E-state index contributed by atoms with van der Waals surface area (Å²) < 4.78 is 18.9. The third-order valence-corrected chi connectivity index (χ3v) is 7.51. The summed E-state index contributed by atoms with van der Waals surface area (Å²) in [5.74, 6) is 1.04. The van der Waals surface area contributed by atoms with Gasteiger partial charge in [0, 0.05) is 17.2 Å². The molecule has 0 saturated heterocycles. The highest BCUT2D eigenvalue weighted by atomic mass is 32.1. The summed E-state index contributed by atoms with van der Waals surface area (Å²) in [6.45, 7) is 5.53. The highest BCUT2D eigenvalue weighted by Gasteiger charge is 2.40. The van der Waals surface area contributed by atoms with Crippen LogP contribution in [0.3, 0.4) is 0 Å². The van der Waals surface area contributed by atoms with E-state index in [1.54, 1.807) is 61.9 Å². The van der Waals surface area contributed by atoms with Gasteiger partial charge in [-0.3, -0.25) is 0 Å². The molecule has 1 aliphatic heterocycles. The van der Waals surface area contributed by atoms with Crippen molar-refractivity contribution in [1.29, 1.82) is 0 Å². The number of aryl methyl sites for hydroxylation is 1. The molecule has 3 heterocycles. The Kier molecular flexibility index (Phi) is 8.26. The summed E-state index contributed by atoms with van der Waals surface area (Å²) >= 11 is 1.25. The fourth-order valence-electron chi connectivity index (χ4n) is 4.62. The van der Waals surface area contributed by atoms with Crippen LogP contribution in [-0.2, 0) is 9.53 Å². The lowest BCUT2D eigenvalue weighted by Crippen LogP contribution is -2.78. The van der Waals surface area contributed by atoms with Crippen LogP contribution in [0.1, 0.15) is 36.8 Å². The molecule has 0 fully saturated rings. The SMILES string of the molecule is CCOC(=O)C1=C(C)[NH+]=c2s/c(=C/c3ccc(-c4ccc(C)c(N=O)c4)o3)c(=O)n2C1c1ccccc1OC.[OH-]. The minimum atomic E-state index is -0.753. The van der Waals surface area contributed by atoms with E-state index >= 15 is 0 Å². The van der Waals surface area contributed by atoms with E-state index in [4.69, 9.17) is 13.9 Å². The van der Waals surface area contributed by atoms with E-state index in [0.29, 0.717) is 54.7 Å². The molecule has 0 saturated carbocycles. The van der Waals surface area contributed by atoms with E-state index in [9.17, 15) is 14.5 Å². The van der Waals surface area contributed by atoms with Crippen molar-refractivity contribution in [3.8, 4) is 17.1 Å². The standard InChI is InChI=1S/C29H25N3O6S.H2O/c1-5-37-28(34)25-17(3)30-29-32(26(25)20-8-6-7-9-23(20)36-4)27(33)24(39-29)15-19-12-13-22(38-19)18-11-10-16(2)21(14-18)31-35;/h6-15,26H,5H2,1-4H3;1H2/b24-15+;. The Bertz CT molecular complexity index is 1810. The second-order valence-electron chi connectivity index (χ2n) is 8.91. The van der Waals surface area contributed by atoms with Crippen LogP contribution in [0, 0.1) is 11.8 Å². The maximum Gasteiger partial charge on any atom is 0.353 e. The first-order valence-corrected chi connectivity index (χ1v) is 13.1. The minimum absolute atomic E-state index is 0. The molecule has 0 aliphatic carbocycles. The number of allylic oxidation sites excluding steroid dienone is 1. The van der Waals surface area contributed by atoms with Crippen LogP contribution in [-0.4, -0.2) is 29.7 Å². The lowest BCUT2D eigenvalue weighted by Gasteiger charge is -2.21. The molecule has 40 heavy (non-hydrogen) atoms. The van der Waals surface area contributed by atoms with Crippen LogP contribution in [0.25, 0.3) is 17.4 Å². The number of fused-ring (bicyclic) bond motifs is 1. The third-order valence-electron chi connectivity index (χ3n) is 6.51. The highest BCUT2D eigenvalue weighted by Crippen LogP contribution is 2.34. The van der Waals surface area contributed by atoms with Gasteiger partial charge in [-0.25, -0.2) is 14.6 Å². The van der Waals surface area contributed by atoms with Crippen LogP contribution in [0.5, 0.6) is 5.75 Å². The zero-order valence-corrected chi connectivity index (χ0v) is 23.1. The van der Waals surface area contributed by atoms with Crippen molar-refractivity contribution in [2.24, 2.45) is 5.18 Å². The van der Waals surface area contributed by atoms with Gasteiger partial charge < -0.3 is 19.4 Å². The molecule has 5 rings (SSSR count). The molecule has 11 heteroatoms. The number of ether oxygens (including phenoxy) is 2. The number of thiazole rings is 1. The maximum atomic E-state index is 13.8. The average Bonchev–Trinajstić information content (AvgIpc) is 3.52. The Morgan fingerprint density at radius 3 is 2.67 bits per heavy atom. The van der Waals surface area contributed by atoms with Crippen molar-refractivity contribution in [2.45, 2.75) is 26.8 Å². The smallest absolute Gasteiger partial charge is 0.353 e. The second-order valence-corrected chi connectivity index (χ2v) is 9.94. The summed E-state index contributed by atoms with van der Waals surface area (Å²) in [4.78, 5) is 41.8. The lowest BCUT2D eigenvalue weighted by atomic mass is 9.95. The molecule has 4 aromatic rings. The largest absolute Gasteiger partial charge is 0.870 e. The molecule has 0 bridgehead atoms. The zero-order valence-electron chi connectivity index (χ0n) is 22.3. The predicted molar refractivity (Wildman–Crippen MR) is 148 cm³/mol. The van der Waals surface area contributed by atoms with Gasteiger partial charge in [0.1, 0.15) is 38.8 Å². The second kappa shape index (κ2) is 11.6. The topological polar surface area (TPSA) is 144 Å². The van der Waals surface area contributed by atoms with E-state index in [2.05, 4.69) is 10.2 Å². The summed E-state index contributed by atoms with van der Waals surface area (Å²) in [6, 6.07) is 15.4. The van der Waals surface area contributed by atoms with Gasteiger partial charge in [-0.1, -0.05) is 30.3 Å². The number of para-hydroxylation sites is 1. The number of nitrogens with one attached hydrogen (secondary N) is 1. The van der Waals surface area contributed by atoms with Crippen molar-refractivity contribution in [2.75, 3.05) is 13.7 Å². The van der Waals surface area contributed by atoms with Gasteiger partial charge in [0.25, 0.3) is 0 Å². The molecule has 1 aliphatic rings. The molecule has 2 aromatic heterocycles. The van der Waals surface area contributed by atoms with Crippen LogP contribution in [0.15, 0.2) is 80.3 Å². The first-order chi connectivity index (χ1) is 18.9. The maximum absolute atomic E-state index is 13.8. The van der Waals surface area contributed by atoms with E-state index in [1.165, 1.54) is 11.3 Å². The van der Waals surface area contributed by atoms with Crippen molar-refractivity contribution < 1.29 is 29.2 Å². The van der Waals surface area contributed by atoms with Gasteiger partial charge in [-0.15, -0.1) is 4.91 Å². The normalized spacial score (nSPS) is 14.7. The fraction of sp³-hybridized carbons (Fsp3) is 0.207. The van der Waals surface area contributed by atoms with Gasteiger partial charge in [0.05, 0.1) is 13.7 Å². The summed E-state index contributed by atoms with van der Waals surface area (Å²) in [5, 5.41) is 3.07. The zero-order chi connectivity index (χ0) is 27.7. The molecule has 2 N–H and O–H groups in total. The number of methoxy groups -OCH3 is 1. The first-order valence-electron chi connectivity index (χ1n) is 12.3. The molecule has 0 spiro atoms. The third kappa shape index (κ3) is 5.04. The summed E-state index contributed by atoms with van der Waals surface area (Å²) in [5.41, 5.74) is 3.11. The average molecular weight is 562 g/mol. The van der Waals surface area contributed by atoms with Gasteiger partial charge >= 0.3 is 16.3 Å². The first kappa shape index (κ1) is 28.4. The number of hydrogen-bond donors (Lipinski definition) is 1. The van der Waals surface area contributed by atoms with E-state index < -0.39 is 12.0 Å². The number of nitrogens with zero attached hydrogens (tertiary/aromatic N) is 2. The van der Waals surface area contributed by atoms with E-state index in [1.807, 2.05) is 31.2 Å². The molecule has 2 aromatic carbocycles. The van der Waals surface area contributed by atoms with Crippen LogP contribution < -0.4 is 24.6 Å². The Labute approximate surface area is 232 Å². The van der Waals surface area contributed by atoms with Crippen molar-refractivity contribution >= 4 is 29.1 Å². The molecular weight excluding hydrogens is 534 g/mol. The van der Waals surface area contributed by atoms with Gasteiger partial charge in [-0.05, 0) is 67.1 Å². The number of carbonyl (C=O) groups is 1. The van der Waals surface area contributed by atoms with Gasteiger partial charge in [-0.2, -0.15) is 4.57 Å². The predicted octanol–water partition coefficient (Wildman–Crippen LogP) is 2.68.